The summed E-state index contributed by atoms with van der Waals surface area (Å²) in [6.45, 7) is 3.80. The molecule has 17 heavy (non-hydrogen) atoms. The van der Waals surface area contributed by atoms with Crippen LogP contribution in [0.2, 0.25) is 0 Å². The van der Waals surface area contributed by atoms with Gasteiger partial charge in [-0.05, 0) is 59.1 Å². The van der Waals surface area contributed by atoms with E-state index in [1.807, 2.05) is 19.9 Å². The van der Waals surface area contributed by atoms with Gasteiger partial charge in [-0.1, -0.05) is 6.07 Å². The van der Waals surface area contributed by atoms with Crippen LogP contribution in [0.4, 0.5) is 5.69 Å². The molecule has 0 fully saturated rings. The summed E-state index contributed by atoms with van der Waals surface area (Å²) in [5.41, 5.74) is 8.88. The van der Waals surface area contributed by atoms with Gasteiger partial charge in [-0.2, -0.15) is 0 Å². The van der Waals surface area contributed by atoms with Crippen molar-refractivity contribution in [2.45, 2.75) is 13.8 Å². The van der Waals surface area contributed by atoms with E-state index in [0.29, 0.717) is 21.7 Å². The number of ketones is 1. The first-order valence-corrected chi connectivity index (χ1v) is 5.95. The molecule has 2 aromatic rings. The molecule has 88 valence electrons. The van der Waals surface area contributed by atoms with E-state index in [1.165, 1.54) is 0 Å². The molecule has 0 aliphatic carbocycles. The van der Waals surface area contributed by atoms with Gasteiger partial charge in [-0.15, -0.1) is 0 Å². The number of nitrogens with two attached hydrogens (primary N) is 1. The lowest BCUT2D eigenvalue weighted by molar-refractivity contribution is 0.101. The Labute approximate surface area is 108 Å². The molecule has 1 aromatic carbocycles. The topological polar surface area (TPSA) is 56.2 Å². The third-order valence-electron chi connectivity index (χ3n) is 2.65. The molecule has 0 spiro atoms. The van der Waals surface area contributed by atoms with Crippen LogP contribution in [-0.2, 0) is 0 Å². The highest BCUT2D eigenvalue weighted by Crippen LogP contribution is 2.23. The highest BCUT2D eigenvalue weighted by atomic mass is 79.9. The fourth-order valence-corrected chi connectivity index (χ4v) is 1.99. The maximum absolute atomic E-state index is 12.2. The molecule has 0 saturated carbocycles. The maximum atomic E-state index is 12.2. The Morgan fingerprint density at radius 2 is 1.94 bits per heavy atom. The molecule has 0 unspecified atom stereocenters. The summed E-state index contributed by atoms with van der Waals surface area (Å²) in [6.07, 6.45) is 0. The molecular formula is C13H12BrNO2. The Hall–Kier alpha value is -1.55. The normalized spacial score (nSPS) is 10.5. The number of furan rings is 1. The fourth-order valence-electron chi connectivity index (χ4n) is 1.68. The number of hydrogen-bond donors (Lipinski definition) is 1. The number of rotatable bonds is 2. The summed E-state index contributed by atoms with van der Waals surface area (Å²) < 4.78 is 5.79. The highest BCUT2D eigenvalue weighted by Gasteiger charge is 2.16. The summed E-state index contributed by atoms with van der Waals surface area (Å²) in [5, 5.41) is 0. The van der Waals surface area contributed by atoms with E-state index in [-0.39, 0.29) is 5.78 Å². The lowest BCUT2D eigenvalue weighted by atomic mass is 9.99. The number of anilines is 1. The van der Waals surface area contributed by atoms with E-state index in [4.69, 9.17) is 10.2 Å². The second-order valence-corrected chi connectivity index (χ2v) is 4.74. The molecule has 0 amide bonds. The van der Waals surface area contributed by atoms with Gasteiger partial charge in [0.05, 0.1) is 0 Å². The molecule has 4 heteroatoms. The molecule has 0 bridgehead atoms. The first-order valence-electron chi connectivity index (χ1n) is 5.16. The van der Waals surface area contributed by atoms with Gasteiger partial charge in [0.2, 0.25) is 5.78 Å². The van der Waals surface area contributed by atoms with Crippen molar-refractivity contribution in [3.05, 3.63) is 51.4 Å². The molecular weight excluding hydrogens is 282 g/mol. The number of hydrogen-bond acceptors (Lipinski definition) is 3. The van der Waals surface area contributed by atoms with Crippen LogP contribution in [0, 0.1) is 13.8 Å². The molecule has 0 aliphatic heterocycles. The number of nitrogen functional groups attached to an aromatic ring is 1. The van der Waals surface area contributed by atoms with Gasteiger partial charge in [0.1, 0.15) is 0 Å². The minimum absolute atomic E-state index is 0.153. The molecule has 0 atom stereocenters. The number of carbonyl (C=O) groups excluding carboxylic acids is 1. The predicted octanol–water partition coefficient (Wildman–Crippen LogP) is 3.47. The van der Waals surface area contributed by atoms with Crippen molar-refractivity contribution in [2.24, 2.45) is 0 Å². The molecule has 1 aromatic heterocycles. The van der Waals surface area contributed by atoms with Gasteiger partial charge in [0.15, 0.2) is 10.4 Å². The van der Waals surface area contributed by atoms with Crippen LogP contribution in [-0.4, -0.2) is 5.78 Å². The standard InChI is InChI=1S/C13H12BrNO2/c1-7-5-8(2)10(15)6-9(7)13(16)11-3-4-12(14)17-11/h3-6H,15H2,1-2H3. The first-order chi connectivity index (χ1) is 7.99. The average molecular weight is 294 g/mol. The number of benzene rings is 1. The zero-order valence-corrected chi connectivity index (χ0v) is 11.2. The van der Waals surface area contributed by atoms with Crippen molar-refractivity contribution in [1.82, 2.24) is 0 Å². The third-order valence-corrected chi connectivity index (χ3v) is 3.08. The second kappa shape index (κ2) is 4.37. The van der Waals surface area contributed by atoms with E-state index in [1.54, 1.807) is 18.2 Å². The largest absolute Gasteiger partial charge is 0.446 e. The minimum Gasteiger partial charge on any atom is -0.446 e. The van der Waals surface area contributed by atoms with Crippen molar-refractivity contribution in [3.63, 3.8) is 0 Å². The Kier molecular flexibility index (Phi) is 3.07. The van der Waals surface area contributed by atoms with Crippen molar-refractivity contribution >= 4 is 27.4 Å². The van der Waals surface area contributed by atoms with Gasteiger partial charge >= 0.3 is 0 Å². The van der Waals surface area contributed by atoms with Crippen LogP contribution in [0.5, 0.6) is 0 Å². The van der Waals surface area contributed by atoms with Gasteiger partial charge in [0.25, 0.3) is 0 Å². The summed E-state index contributed by atoms with van der Waals surface area (Å²) in [6, 6.07) is 6.94. The second-order valence-electron chi connectivity index (χ2n) is 3.96. The molecule has 0 saturated heterocycles. The van der Waals surface area contributed by atoms with E-state index in [0.717, 1.165) is 11.1 Å². The van der Waals surface area contributed by atoms with Crippen LogP contribution < -0.4 is 5.73 Å². The first kappa shape index (κ1) is 11.9. The molecule has 2 rings (SSSR count). The Morgan fingerprint density at radius 1 is 1.24 bits per heavy atom. The summed E-state index contributed by atoms with van der Waals surface area (Å²) >= 11 is 3.17. The van der Waals surface area contributed by atoms with Gasteiger partial charge in [-0.3, -0.25) is 4.79 Å². The predicted molar refractivity (Wildman–Crippen MR) is 70.2 cm³/mol. The van der Waals surface area contributed by atoms with E-state index in [9.17, 15) is 4.79 Å². The Bertz CT molecular complexity index is 587. The fraction of sp³-hybridized carbons (Fsp3) is 0.154. The lowest BCUT2D eigenvalue weighted by Gasteiger charge is -2.07. The van der Waals surface area contributed by atoms with Crippen LogP contribution in [0.25, 0.3) is 0 Å². The third kappa shape index (κ3) is 2.26. The van der Waals surface area contributed by atoms with Crippen LogP contribution >= 0.6 is 15.9 Å². The zero-order chi connectivity index (χ0) is 12.6. The number of carbonyl (C=O) groups is 1. The Morgan fingerprint density at radius 3 is 2.53 bits per heavy atom. The van der Waals surface area contributed by atoms with Crippen LogP contribution in [0.1, 0.15) is 27.2 Å². The highest BCUT2D eigenvalue weighted by molar-refractivity contribution is 9.10. The molecule has 3 nitrogen and oxygen atoms in total. The van der Waals surface area contributed by atoms with Crippen molar-refractivity contribution in [3.8, 4) is 0 Å². The Balaban J connectivity index is 2.47. The lowest BCUT2D eigenvalue weighted by Crippen LogP contribution is -2.04. The van der Waals surface area contributed by atoms with Crippen molar-refractivity contribution in [2.75, 3.05) is 5.73 Å². The van der Waals surface area contributed by atoms with Gasteiger partial charge in [-0.25, -0.2) is 0 Å². The number of halogens is 1. The van der Waals surface area contributed by atoms with Crippen molar-refractivity contribution in [1.29, 1.82) is 0 Å². The van der Waals surface area contributed by atoms with E-state index < -0.39 is 0 Å². The minimum atomic E-state index is -0.153. The smallest absolute Gasteiger partial charge is 0.228 e. The zero-order valence-electron chi connectivity index (χ0n) is 9.58. The summed E-state index contributed by atoms with van der Waals surface area (Å²) in [7, 11) is 0. The van der Waals surface area contributed by atoms with E-state index >= 15 is 0 Å². The van der Waals surface area contributed by atoms with Crippen LogP contribution in [0.15, 0.2) is 33.4 Å². The van der Waals surface area contributed by atoms with Gasteiger partial charge in [0, 0.05) is 11.3 Å². The molecule has 1 heterocycles. The monoisotopic (exact) mass is 293 g/mol. The summed E-state index contributed by atoms with van der Waals surface area (Å²) in [4.78, 5) is 12.2. The molecule has 0 radical (unpaired) electrons. The van der Waals surface area contributed by atoms with E-state index in [2.05, 4.69) is 15.9 Å². The van der Waals surface area contributed by atoms with Gasteiger partial charge < -0.3 is 10.2 Å². The quantitative estimate of drug-likeness (QED) is 0.681. The number of aryl methyl sites for hydroxylation is 2. The van der Waals surface area contributed by atoms with Crippen molar-refractivity contribution < 1.29 is 9.21 Å². The molecule has 2 N–H and O–H groups in total. The summed E-state index contributed by atoms with van der Waals surface area (Å²) in [5.74, 6) is 0.156. The molecule has 0 aliphatic rings. The average Bonchev–Trinajstić information content (AvgIpc) is 2.69. The maximum Gasteiger partial charge on any atom is 0.228 e. The van der Waals surface area contributed by atoms with Crippen LogP contribution in [0.3, 0.4) is 0 Å². The SMILES string of the molecule is Cc1cc(C)c(C(=O)c2ccc(Br)o2)cc1N.